The second-order valence-corrected chi connectivity index (χ2v) is 6.56. The fraction of sp³-hybridized carbons (Fsp3) is 0.625. The van der Waals surface area contributed by atoms with Crippen LogP contribution in [-0.4, -0.2) is 25.3 Å². The topological polar surface area (TPSA) is 59.1 Å². The van der Waals surface area contributed by atoms with Crippen LogP contribution in [0.4, 0.5) is 0 Å². The van der Waals surface area contributed by atoms with Crippen molar-refractivity contribution in [2.75, 3.05) is 5.88 Å². The van der Waals surface area contributed by atoms with Crippen molar-refractivity contribution in [3.8, 4) is 0 Å². The Balaban J connectivity index is 2.84. The molecule has 1 aromatic heterocycles. The second-order valence-electron chi connectivity index (χ2n) is 3.08. The van der Waals surface area contributed by atoms with Crippen LogP contribution >= 0.6 is 22.9 Å². The molecule has 0 saturated heterocycles. The van der Waals surface area contributed by atoms with E-state index in [4.69, 9.17) is 11.6 Å². The van der Waals surface area contributed by atoms with Gasteiger partial charge in [-0.1, -0.05) is 6.92 Å². The molecule has 0 bridgehead atoms. The van der Waals surface area contributed by atoms with Crippen molar-refractivity contribution in [1.29, 1.82) is 0 Å². The smallest absolute Gasteiger partial charge is 0.249 e. The molecule has 0 fully saturated rings. The molecule has 0 radical (unpaired) electrons. The van der Waals surface area contributed by atoms with Gasteiger partial charge in [0.2, 0.25) is 0 Å². The summed E-state index contributed by atoms with van der Waals surface area (Å²) in [4.78, 5) is 3.91. The lowest BCUT2D eigenvalue weighted by atomic mass is 10.3. The van der Waals surface area contributed by atoms with Crippen LogP contribution in [-0.2, 0) is 10.0 Å². The predicted molar refractivity (Wildman–Crippen MR) is 62.0 cm³/mol. The molecular weight excluding hydrogens is 256 g/mol. The molecule has 1 atom stereocenters. The number of alkyl halides is 1. The highest BCUT2D eigenvalue weighted by Gasteiger charge is 2.20. The maximum Gasteiger partial charge on any atom is 0.251 e. The van der Waals surface area contributed by atoms with Crippen molar-refractivity contribution in [2.24, 2.45) is 0 Å². The first-order valence-corrected chi connectivity index (χ1v) is 7.33. The summed E-state index contributed by atoms with van der Waals surface area (Å²) in [5.74, 6) is 0.271. The van der Waals surface area contributed by atoms with E-state index >= 15 is 0 Å². The Morgan fingerprint density at radius 3 is 2.73 bits per heavy atom. The Morgan fingerprint density at radius 2 is 2.33 bits per heavy atom. The second kappa shape index (κ2) is 5.25. The van der Waals surface area contributed by atoms with Crippen LogP contribution in [0.2, 0.25) is 0 Å². The fourth-order valence-corrected chi connectivity index (χ4v) is 3.80. The average molecular weight is 269 g/mol. The van der Waals surface area contributed by atoms with Gasteiger partial charge < -0.3 is 0 Å². The molecule has 1 heterocycles. The molecule has 0 aliphatic carbocycles. The Labute approximate surface area is 98.7 Å². The van der Waals surface area contributed by atoms with Crippen molar-refractivity contribution in [3.05, 3.63) is 11.2 Å². The normalized spacial score (nSPS) is 14.1. The monoisotopic (exact) mass is 268 g/mol. The first kappa shape index (κ1) is 12.9. The van der Waals surface area contributed by atoms with E-state index in [1.807, 2.05) is 6.92 Å². The third-order valence-electron chi connectivity index (χ3n) is 1.87. The number of aromatic nitrogens is 1. The molecule has 0 amide bonds. The maximum absolute atomic E-state index is 11.8. The molecule has 1 unspecified atom stereocenters. The molecule has 0 saturated carbocycles. The van der Waals surface area contributed by atoms with E-state index in [9.17, 15) is 8.42 Å². The van der Waals surface area contributed by atoms with Gasteiger partial charge in [0.1, 0.15) is 0 Å². The van der Waals surface area contributed by atoms with E-state index in [-0.39, 0.29) is 16.1 Å². The minimum Gasteiger partial charge on any atom is -0.249 e. The Morgan fingerprint density at radius 1 is 1.67 bits per heavy atom. The highest BCUT2D eigenvalue weighted by molar-refractivity contribution is 7.91. The van der Waals surface area contributed by atoms with Gasteiger partial charge in [0.05, 0.1) is 11.2 Å². The molecule has 1 aromatic rings. The molecule has 1 rings (SSSR count). The summed E-state index contributed by atoms with van der Waals surface area (Å²) < 4.78 is 26.3. The summed E-state index contributed by atoms with van der Waals surface area (Å²) in [6.45, 7) is 3.65. The van der Waals surface area contributed by atoms with E-state index in [0.29, 0.717) is 6.42 Å². The number of rotatable bonds is 5. The molecule has 7 heteroatoms. The largest absolute Gasteiger partial charge is 0.251 e. The number of aryl methyl sites for hydroxylation is 1. The molecule has 0 spiro atoms. The molecule has 15 heavy (non-hydrogen) atoms. The van der Waals surface area contributed by atoms with Crippen molar-refractivity contribution in [1.82, 2.24) is 9.71 Å². The maximum atomic E-state index is 11.8. The zero-order chi connectivity index (χ0) is 11.5. The molecular formula is C8H13ClN2O2S2. The van der Waals surface area contributed by atoms with Crippen LogP contribution in [0.5, 0.6) is 0 Å². The van der Waals surface area contributed by atoms with Crippen LogP contribution in [0.25, 0.3) is 0 Å². The number of halogens is 1. The number of nitrogens with one attached hydrogen (secondary N) is 1. The van der Waals surface area contributed by atoms with Crippen LogP contribution in [0.15, 0.2) is 10.4 Å². The minimum atomic E-state index is -3.44. The van der Waals surface area contributed by atoms with Crippen LogP contribution in [0.1, 0.15) is 18.4 Å². The van der Waals surface area contributed by atoms with E-state index in [1.165, 1.54) is 6.20 Å². The number of hydrogen-bond acceptors (Lipinski definition) is 4. The predicted octanol–water partition coefficient (Wildman–Crippen LogP) is 1.75. The third-order valence-corrected chi connectivity index (χ3v) is 5.13. The number of sulfonamides is 1. The summed E-state index contributed by atoms with van der Waals surface area (Å²) in [5.41, 5.74) is 0. The van der Waals surface area contributed by atoms with Gasteiger partial charge in [0.15, 0.2) is 4.21 Å². The van der Waals surface area contributed by atoms with Gasteiger partial charge in [-0.15, -0.1) is 22.9 Å². The summed E-state index contributed by atoms with van der Waals surface area (Å²) in [5, 5.41) is 0.731. The van der Waals surface area contributed by atoms with E-state index in [0.717, 1.165) is 16.3 Å². The Hall–Kier alpha value is -0.170. The molecule has 0 aliphatic heterocycles. The summed E-state index contributed by atoms with van der Waals surface area (Å²) >= 11 is 6.78. The van der Waals surface area contributed by atoms with Crippen molar-refractivity contribution in [2.45, 2.75) is 30.5 Å². The van der Waals surface area contributed by atoms with Gasteiger partial charge in [-0.05, 0) is 13.3 Å². The number of hydrogen-bond donors (Lipinski definition) is 1. The van der Waals surface area contributed by atoms with Crippen molar-refractivity contribution >= 4 is 33.0 Å². The summed E-state index contributed by atoms with van der Waals surface area (Å²) in [6.07, 6.45) is 2.03. The van der Waals surface area contributed by atoms with Crippen LogP contribution in [0.3, 0.4) is 0 Å². The molecule has 0 aliphatic rings. The molecule has 0 aromatic carbocycles. The number of nitrogens with zero attached hydrogens (tertiary/aromatic N) is 1. The van der Waals surface area contributed by atoms with E-state index in [1.54, 1.807) is 6.92 Å². The van der Waals surface area contributed by atoms with Crippen LogP contribution < -0.4 is 4.72 Å². The van der Waals surface area contributed by atoms with Gasteiger partial charge in [-0.3, -0.25) is 0 Å². The van der Waals surface area contributed by atoms with Crippen LogP contribution in [0, 0.1) is 6.92 Å². The van der Waals surface area contributed by atoms with Gasteiger partial charge in [0.25, 0.3) is 10.0 Å². The standard InChI is InChI=1S/C8H13ClN2O2S2/c1-3-7(4-9)11-15(12,13)8-5-10-6(2)14-8/h5,7,11H,3-4H2,1-2H3. The molecule has 86 valence electrons. The number of thiazole rings is 1. The van der Waals surface area contributed by atoms with Crippen molar-refractivity contribution < 1.29 is 8.42 Å². The fourth-order valence-electron chi connectivity index (χ4n) is 0.968. The third kappa shape index (κ3) is 3.41. The van der Waals surface area contributed by atoms with Gasteiger partial charge in [-0.25, -0.2) is 18.1 Å². The lowest BCUT2D eigenvalue weighted by Crippen LogP contribution is -2.35. The zero-order valence-corrected chi connectivity index (χ0v) is 10.9. The van der Waals surface area contributed by atoms with E-state index < -0.39 is 10.0 Å². The highest BCUT2D eigenvalue weighted by Crippen LogP contribution is 2.18. The zero-order valence-electron chi connectivity index (χ0n) is 8.53. The molecule has 1 N–H and O–H groups in total. The summed E-state index contributed by atoms with van der Waals surface area (Å²) in [6, 6.07) is -0.223. The lowest BCUT2D eigenvalue weighted by Gasteiger charge is -2.12. The van der Waals surface area contributed by atoms with E-state index in [2.05, 4.69) is 9.71 Å². The highest BCUT2D eigenvalue weighted by atomic mass is 35.5. The SMILES string of the molecule is CCC(CCl)NS(=O)(=O)c1cnc(C)s1. The van der Waals surface area contributed by atoms with Gasteiger partial charge >= 0.3 is 0 Å². The van der Waals surface area contributed by atoms with Crippen molar-refractivity contribution in [3.63, 3.8) is 0 Å². The summed E-state index contributed by atoms with van der Waals surface area (Å²) in [7, 11) is -3.44. The first-order valence-electron chi connectivity index (χ1n) is 4.50. The van der Waals surface area contributed by atoms with Gasteiger partial charge in [-0.2, -0.15) is 0 Å². The average Bonchev–Trinajstić information content (AvgIpc) is 2.62. The minimum absolute atomic E-state index is 0.223. The lowest BCUT2D eigenvalue weighted by molar-refractivity contribution is 0.559. The van der Waals surface area contributed by atoms with Gasteiger partial charge in [0, 0.05) is 11.9 Å². The quantitative estimate of drug-likeness (QED) is 0.828. The molecule has 4 nitrogen and oxygen atoms in total. The Kier molecular flexibility index (Phi) is 4.51. The first-order chi connectivity index (χ1) is 6.99. The Bertz CT molecular complexity index is 412.